The van der Waals surface area contributed by atoms with Crippen molar-refractivity contribution in [3.8, 4) is 0 Å². The van der Waals surface area contributed by atoms with Gasteiger partial charge in [-0.15, -0.1) is 0 Å². The van der Waals surface area contributed by atoms with Crippen LogP contribution in [0.4, 0.5) is 5.69 Å². The summed E-state index contributed by atoms with van der Waals surface area (Å²) in [5.74, 6) is -0.131. The highest BCUT2D eigenvalue weighted by Crippen LogP contribution is 2.25. The first-order valence-electron chi connectivity index (χ1n) is 9.31. The van der Waals surface area contributed by atoms with Crippen LogP contribution < -0.4 is 10.2 Å². The second kappa shape index (κ2) is 8.54. The Morgan fingerprint density at radius 3 is 2.73 bits per heavy atom. The second-order valence-corrected chi connectivity index (χ2v) is 7.47. The molecule has 2 heterocycles. The number of nitrogens with zero attached hydrogens (tertiary/aromatic N) is 2. The normalized spacial score (nSPS) is 15.6. The van der Waals surface area contributed by atoms with Crippen molar-refractivity contribution in [1.82, 2.24) is 10.3 Å². The standard InChI is InChI=1S/C21H26ClN3O/c1-15-7-6-8-17(23-15)13-16(2)24-21(26)19-14-18(9-10-20(19)22)25-11-4-3-5-12-25/h6-10,14,16H,3-5,11-13H2,1-2H3,(H,24,26)/t16-/m0/s1. The van der Waals surface area contributed by atoms with Gasteiger partial charge in [-0.1, -0.05) is 17.7 Å². The Morgan fingerprint density at radius 1 is 1.23 bits per heavy atom. The van der Waals surface area contributed by atoms with E-state index in [2.05, 4.69) is 15.2 Å². The summed E-state index contributed by atoms with van der Waals surface area (Å²) in [5.41, 5.74) is 3.58. The van der Waals surface area contributed by atoms with E-state index in [-0.39, 0.29) is 11.9 Å². The number of benzene rings is 1. The van der Waals surface area contributed by atoms with Gasteiger partial charge in [0.25, 0.3) is 5.91 Å². The van der Waals surface area contributed by atoms with Gasteiger partial charge in [-0.05, 0) is 63.4 Å². The fourth-order valence-corrected chi connectivity index (χ4v) is 3.62. The van der Waals surface area contributed by atoms with Crippen LogP contribution in [0.25, 0.3) is 0 Å². The highest BCUT2D eigenvalue weighted by Gasteiger charge is 2.17. The van der Waals surface area contributed by atoms with Crippen LogP contribution in [0.15, 0.2) is 36.4 Å². The van der Waals surface area contributed by atoms with Crippen LogP contribution in [0.3, 0.4) is 0 Å². The molecular weight excluding hydrogens is 346 g/mol. The number of carbonyl (C=O) groups excluding carboxylic acids is 1. The number of halogens is 1. The minimum Gasteiger partial charge on any atom is -0.372 e. The van der Waals surface area contributed by atoms with Gasteiger partial charge in [-0.3, -0.25) is 9.78 Å². The molecule has 3 rings (SSSR count). The molecule has 1 fully saturated rings. The Labute approximate surface area is 160 Å². The van der Waals surface area contributed by atoms with Gasteiger partial charge in [0.2, 0.25) is 0 Å². The summed E-state index contributed by atoms with van der Waals surface area (Å²) < 4.78 is 0. The highest BCUT2D eigenvalue weighted by atomic mass is 35.5. The van der Waals surface area contributed by atoms with E-state index < -0.39 is 0 Å². The number of pyridine rings is 1. The van der Waals surface area contributed by atoms with E-state index in [0.29, 0.717) is 17.0 Å². The van der Waals surface area contributed by atoms with Crippen LogP contribution in [0.1, 0.15) is 47.9 Å². The minimum atomic E-state index is -0.131. The number of aryl methyl sites for hydroxylation is 1. The smallest absolute Gasteiger partial charge is 0.253 e. The Balaban J connectivity index is 1.68. The molecule has 1 aromatic heterocycles. The number of rotatable bonds is 5. The average Bonchev–Trinajstić information content (AvgIpc) is 2.62. The number of carbonyl (C=O) groups is 1. The van der Waals surface area contributed by atoms with E-state index in [1.165, 1.54) is 19.3 Å². The number of nitrogens with one attached hydrogen (secondary N) is 1. The van der Waals surface area contributed by atoms with Gasteiger partial charge < -0.3 is 10.2 Å². The van der Waals surface area contributed by atoms with Crippen molar-refractivity contribution in [1.29, 1.82) is 0 Å². The van der Waals surface area contributed by atoms with Gasteiger partial charge in [0.15, 0.2) is 0 Å². The Morgan fingerprint density at radius 2 is 2.00 bits per heavy atom. The van der Waals surface area contributed by atoms with Gasteiger partial charge in [0, 0.05) is 42.6 Å². The Bertz CT molecular complexity index is 772. The number of anilines is 1. The number of aromatic nitrogens is 1. The summed E-state index contributed by atoms with van der Waals surface area (Å²) in [7, 11) is 0. The zero-order valence-electron chi connectivity index (χ0n) is 15.5. The maximum absolute atomic E-state index is 12.7. The predicted molar refractivity (Wildman–Crippen MR) is 107 cm³/mol. The number of amides is 1. The van der Waals surface area contributed by atoms with Gasteiger partial charge in [0.05, 0.1) is 10.6 Å². The van der Waals surface area contributed by atoms with Crippen LogP contribution in [0, 0.1) is 6.92 Å². The van der Waals surface area contributed by atoms with Crippen LogP contribution >= 0.6 is 11.6 Å². The molecule has 0 bridgehead atoms. The second-order valence-electron chi connectivity index (χ2n) is 7.06. The molecule has 4 nitrogen and oxygen atoms in total. The summed E-state index contributed by atoms with van der Waals surface area (Å²) in [6, 6.07) is 11.7. The third-order valence-corrected chi connectivity index (χ3v) is 5.08. The van der Waals surface area contributed by atoms with Crippen molar-refractivity contribution in [2.75, 3.05) is 18.0 Å². The van der Waals surface area contributed by atoms with E-state index in [4.69, 9.17) is 11.6 Å². The topological polar surface area (TPSA) is 45.2 Å². The van der Waals surface area contributed by atoms with Gasteiger partial charge in [-0.2, -0.15) is 0 Å². The molecule has 1 N–H and O–H groups in total. The third-order valence-electron chi connectivity index (χ3n) is 4.75. The molecule has 0 radical (unpaired) electrons. The molecule has 138 valence electrons. The molecule has 1 aromatic carbocycles. The number of hydrogen-bond acceptors (Lipinski definition) is 3. The fourth-order valence-electron chi connectivity index (χ4n) is 3.42. The molecule has 26 heavy (non-hydrogen) atoms. The number of piperidine rings is 1. The molecule has 1 amide bonds. The SMILES string of the molecule is Cc1cccc(C[C@H](C)NC(=O)c2cc(N3CCCCC3)ccc2Cl)n1. The zero-order chi connectivity index (χ0) is 18.5. The number of hydrogen-bond donors (Lipinski definition) is 1. The van der Waals surface area contributed by atoms with Gasteiger partial charge in [-0.25, -0.2) is 0 Å². The Hall–Kier alpha value is -2.07. The zero-order valence-corrected chi connectivity index (χ0v) is 16.2. The molecule has 1 atom stereocenters. The van der Waals surface area contributed by atoms with Crippen LogP contribution in [-0.4, -0.2) is 30.0 Å². The van der Waals surface area contributed by atoms with Gasteiger partial charge >= 0.3 is 0 Å². The summed E-state index contributed by atoms with van der Waals surface area (Å²) in [4.78, 5) is 19.6. The minimum absolute atomic E-state index is 0.0218. The predicted octanol–water partition coefficient (Wildman–Crippen LogP) is 4.39. The summed E-state index contributed by atoms with van der Waals surface area (Å²) in [6.45, 7) is 6.04. The summed E-state index contributed by atoms with van der Waals surface area (Å²) in [6.07, 6.45) is 4.37. The molecular formula is C21H26ClN3O. The van der Waals surface area contributed by atoms with E-state index in [0.717, 1.165) is 30.2 Å². The van der Waals surface area contributed by atoms with Crippen molar-refractivity contribution < 1.29 is 4.79 Å². The first-order chi connectivity index (χ1) is 12.5. The van der Waals surface area contributed by atoms with Crippen LogP contribution in [0.2, 0.25) is 5.02 Å². The first kappa shape index (κ1) is 18.7. The lowest BCUT2D eigenvalue weighted by Gasteiger charge is -2.29. The Kier molecular flexibility index (Phi) is 6.15. The maximum Gasteiger partial charge on any atom is 0.253 e. The quantitative estimate of drug-likeness (QED) is 0.847. The lowest BCUT2D eigenvalue weighted by atomic mass is 10.1. The molecule has 1 aliphatic heterocycles. The largest absolute Gasteiger partial charge is 0.372 e. The molecule has 0 saturated carbocycles. The van der Waals surface area contributed by atoms with Crippen LogP contribution in [0.5, 0.6) is 0 Å². The molecule has 0 spiro atoms. The lowest BCUT2D eigenvalue weighted by molar-refractivity contribution is 0.0940. The van der Waals surface area contributed by atoms with E-state index in [1.807, 2.05) is 50.2 Å². The highest BCUT2D eigenvalue weighted by molar-refractivity contribution is 6.34. The molecule has 2 aromatic rings. The molecule has 1 aliphatic rings. The van der Waals surface area contributed by atoms with E-state index in [1.54, 1.807) is 0 Å². The van der Waals surface area contributed by atoms with Gasteiger partial charge in [0.1, 0.15) is 0 Å². The molecule has 0 aliphatic carbocycles. The molecule has 1 saturated heterocycles. The monoisotopic (exact) mass is 371 g/mol. The van der Waals surface area contributed by atoms with Crippen molar-refractivity contribution in [2.24, 2.45) is 0 Å². The van der Waals surface area contributed by atoms with Crippen molar-refractivity contribution in [3.05, 3.63) is 58.4 Å². The first-order valence-corrected chi connectivity index (χ1v) is 9.68. The van der Waals surface area contributed by atoms with E-state index >= 15 is 0 Å². The lowest BCUT2D eigenvalue weighted by Crippen LogP contribution is -2.35. The summed E-state index contributed by atoms with van der Waals surface area (Å²) >= 11 is 6.30. The third kappa shape index (κ3) is 4.76. The van der Waals surface area contributed by atoms with Crippen molar-refractivity contribution in [3.63, 3.8) is 0 Å². The van der Waals surface area contributed by atoms with Crippen molar-refractivity contribution >= 4 is 23.2 Å². The van der Waals surface area contributed by atoms with E-state index in [9.17, 15) is 4.79 Å². The van der Waals surface area contributed by atoms with Crippen LogP contribution in [-0.2, 0) is 6.42 Å². The molecule has 5 heteroatoms. The average molecular weight is 372 g/mol. The summed E-state index contributed by atoms with van der Waals surface area (Å²) in [5, 5.41) is 3.54. The fraction of sp³-hybridized carbons (Fsp3) is 0.429. The molecule has 0 unspecified atom stereocenters. The van der Waals surface area contributed by atoms with Crippen molar-refractivity contribution in [2.45, 2.75) is 45.6 Å². The maximum atomic E-state index is 12.7.